The van der Waals surface area contributed by atoms with Crippen LogP contribution >= 0.6 is 0 Å². The van der Waals surface area contributed by atoms with Gasteiger partial charge in [-0.15, -0.1) is 0 Å². The average molecular weight is 415 g/mol. The fraction of sp³-hybridized carbons (Fsp3) is 0.250. The molecule has 0 aliphatic carbocycles. The molecule has 3 heterocycles. The van der Waals surface area contributed by atoms with Crippen LogP contribution in [-0.4, -0.2) is 55.0 Å². The fourth-order valence-electron chi connectivity index (χ4n) is 4.13. The van der Waals surface area contributed by atoms with E-state index in [9.17, 15) is 0 Å². The van der Waals surface area contributed by atoms with Gasteiger partial charge < -0.3 is 19.3 Å². The predicted molar refractivity (Wildman–Crippen MR) is 122 cm³/mol. The Morgan fingerprint density at radius 3 is 2.45 bits per heavy atom. The van der Waals surface area contributed by atoms with Crippen molar-refractivity contribution in [3.63, 3.8) is 0 Å². The molecular weight excluding hydrogens is 390 g/mol. The van der Waals surface area contributed by atoms with Gasteiger partial charge >= 0.3 is 0 Å². The normalized spacial score (nSPS) is 14.1. The van der Waals surface area contributed by atoms with Crippen LogP contribution in [0.3, 0.4) is 0 Å². The van der Waals surface area contributed by atoms with E-state index in [0.717, 1.165) is 66.0 Å². The van der Waals surface area contributed by atoms with E-state index in [1.54, 1.807) is 14.2 Å². The fourth-order valence-corrected chi connectivity index (χ4v) is 4.13. The summed E-state index contributed by atoms with van der Waals surface area (Å²) in [5, 5.41) is 4.77. The second-order valence-electron chi connectivity index (χ2n) is 7.49. The number of ether oxygens (including phenoxy) is 2. The van der Waals surface area contributed by atoms with Crippen molar-refractivity contribution in [3.8, 4) is 22.8 Å². The number of aromatic nitrogens is 3. The molecule has 31 heavy (non-hydrogen) atoms. The Hall–Kier alpha value is -3.74. The van der Waals surface area contributed by atoms with Crippen LogP contribution in [0.5, 0.6) is 11.5 Å². The van der Waals surface area contributed by atoms with Gasteiger partial charge in [-0.1, -0.05) is 24.3 Å². The molecule has 0 radical (unpaired) electrons. The van der Waals surface area contributed by atoms with Gasteiger partial charge in [-0.2, -0.15) is 5.10 Å². The molecule has 0 spiro atoms. The molecule has 1 aliphatic rings. The smallest absolute Gasteiger partial charge is 0.154 e. The maximum atomic E-state index is 5.54. The zero-order valence-electron chi connectivity index (χ0n) is 17.7. The molecule has 5 rings (SSSR count). The minimum Gasteiger partial charge on any atom is -0.497 e. The lowest BCUT2D eigenvalue weighted by Gasteiger charge is -2.37. The molecule has 1 fully saturated rings. The van der Waals surface area contributed by atoms with Crippen LogP contribution in [0.15, 0.2) is 67.0 Å². The quantitative estimate of drug-likeness (QED) is 0.495. The van der Waals surface area contributed by atoms with Crippen LogP contribution in [-0.2, 0) is 0 Å². The number of piperazine rings is 1. The summed E-state index contributed by atoms with van der Waals surface area (Å²) >= 11 is 0. The Morgan fingerprint density at radius 1 is 0.839 bits per heavy atom. The summed E-state index contributed by atoms with van der Waals surface area (Å²) < 4.78 is 12.8. The number of methoxy groups -OCH3 is 2. The summed E-state index contributed by atoms with van der Waals surface area (Å²) in [6.07, 6.45) is 3.71. The minimum atomic E-state index is 0.820. The van der Waals surface area contributed by atoms with Crippen LogP contribution in [0.4, 0.5) is 11.5 Å². The highest BCUT2D eigenvalue weighted by molar-refractivity contribution is 5.76. The number of hydrogen-bond acceptors (Lipinski definition) is 6. The molecule has 2 aromatic carbocycles. The Kier molecular flexibility index (Phi) is 5.08. The van der Waals surface area contributed by atoms with E-state index < -0.39 is 0 Å². The Bertz CT molecular complexity index is 1200. The van der Waals surface area contributed by atoms with E-state index in [-0.39, 0.29) is 0 Å². The van der Waals surface area contributed by atoms with E-state index in [1.807, 2.05) is 53.3 Å². The van der Waals surface area contributed by atoms with Crippen LogP contribution < -0.4 is 19.3 Å². The topological polar surface area (TPSA) is 55.1 Å². The molecule has 0 saturated carbocycles. The van der Waals surface area contributed by atoms with E-state index in [1.165, 1.54) is 0 Å². The summed E-state index contributed by atoms with van der Waals surface area (Å²) in [6.45, 7) is 3.56. The van der Waals surface area contributed by atoms with Crippen molar-refractivity contribution in [2.45, 2.75) is 0 Å². The maximum Gasteiger partial charge on any atom is 0.154 e. The van der Waals surface area contributed by atoms with Crippen molar-refractivity contribution in [2.75, 3.05) is 50.2 Å². The van der Waals surface area contributed by atoms with E-state index in [2.05, 4.69) is 28.0 Å². The maximum absolute atomic E-state index is 5.54. The summed E-state index contributed by atoms with van der Waals surface area (Å²) in [5.41, 5.74) is 4.07. The van der Waals surface area contributed by atoms with Gasteiger partial charge in [0, 0.05) is 44.1 Å². The number of rotatable bonds is 5. The Morgan fingerprint density at radius 2 is 1.65 bits per heavy atom. The highest BCUT2D eigenvalue weighted by Gasteiger charge is 2.22. The first-order chi connectivity index (χ1) is 15.3. The molecule has 0 N–H and O–H groups in total. The molecular formula is C24H25N5O2. The van der Waals surface area contributed by atoms with Crippen molar-refractivity contribution in [1.29, 1.82) is 0 Å². The first-order valence-electron chi connectivity index (χ1n) is 10.4. The predicted octanol–water partition coefficient (Wildman–Crippen LogP) is 3.74. The summed E-state index contributed by atoms with van der Waals surface area (Å²) in [5.74, 6) is 2.69. The molecule has 7 heteroatoms. The zero-order chi connectivity index (χ0) is 21.2. The number of fused-ring (bicyclic) bond motifs is 1. The van der Waals surface area contributed by atoms with Crippen LogP contribution in [0.25, 0.3) is 16.8 Å². The number of anilines is 2. The van der Waals surface area contributed by atoms with Crippen LogP contribution in [0.1, 0.15) is 0 Å². The summed E-state index contributed by atoms with van der Waals surface area (Å²) in [7, 11) is 3.40. The lowest BCUT2D eigenvalue weighted by atomic mass is 10.1. The van der Waals surface area contributed by atoms with Crippen molar-refractivity contribution >= 4 is 17.0 Å². The second-order valence-corrected chi connectivity index (χ2v) is 7.49. The van der Waals surface area contributed by atoms with Gasteiger partial charge in [0.25, 0.3) is 0 Å². The standard InChI is InChI=1S/C24H25N5O2/c1-30-19-7-5-6-18(16-19)20-17-22-24(25-10-11-29(22)26-20)28-14-12-27(13-15-28)21-8-3-4-9-23(21)31-2/h3-11,16-17H,12-15H2,1-2H3. The number of hydrogen-bond donors (Lipinski definition) is 0. The van der Waals surface area contributed by atoms with Gasteiger partial charge in [0.05, 0.1) is 25.6 Å². The molecule has 0 atom stereocenters. The van der Waals surface area contributed by atoms with E-state index >= 15 is 0 Å². The zero-order valence-corrected chi connectivity index (χ0v) is 17.7. The third-order valence-electron chi connectivity index (χ3n) is 5.74. The third kappa shape index (κ3) is 3.63. The van der Waals surface area contributed by atoms with Gasteiger partial charge in [-0.05, 0) is 30.3 Å². The second kappa shape index (κ2) is 8.18. The summed E-state index contributed by atoms with van der Waals surface area (Å²) in [6, 6.07) is 18.2. The third-order valence-corrected chi connectivity index (χ3v) is 5.74. The SMILES string of the molecule is COc1cccc(-c2cc3c(N4CCN(c5ccccc5OC)CC4)nccn3n2)c1. The van der Waals surface area contributed by atoms with Crippen molar-refractivity contribution in [3.05, 3.63) is 67.0 Å². The molecule has 1 saturated heterocycles. The molecule has 158 valence electrons. The van der Waals surface area contributed by atoms with Gasteiger partial charge in [0.1, 0.15) is 17.0 Å². The molecule has 1 aliphatic heterocycles. The van der Waals surface area contributed by atoms with Gasteiger partial charge in [0.2, 0.25) is 0 Å². The Labute approximate surface area is 181 Å². The number of para-hydroxylation sites is 2. The summed E-state index contributed by atoms with van der Waals surface area (Å²) in [4.78, 5) is 9.40. The molecule has 4 aromatic rings. The highest BCUT2D eigenvalue weighted by atomic mass is 16.5. The molecule has 0 amide bonds. The van der Waals surface area contributed by atoms with Crippen molar-refractivity contribution < 1.29 is 9.47 Å². The van der Waals surface area contributed by atoms with E-state index in [0.29, 0.717) is 0 Å². The molecule has 0 unspecified atom stereocenters. The van der Waals surface area contributed by atoms with E-state index in [4.69, 9.17) is 19.6 Å². The van der Waals surface area contributed by atoms with Crippen LogP contribution in [0.2, 0.25) is 0 Å². The van der Waals surface area contributed by atoms with Gasteiger partial charge in [0.15, 0.2) is 5.82 Å². The highest BCUT2D eigenvalue weighted by Crippen LogP contribution is 2.31. The van der Waals surface area contributed by atoms with Gasteiger partial charge in [-0.3, -0.25) is 0 Å². The monoisotopic (exact) mass is 415 g/mol. The molecule has 2 aromatic heterocycles. The van der Waals surface area contributed by atoms with Crippen LogP contribution in [0, 0.1) is 0 Å². The first kappa shape index (κ1) is 19.2. The lowest BCUT2D eigenvalue weighted by molar-refractivity contribution is 0.413. The molecule has 7 nitrogen and oxygen atoms in total. The average Bonchev–Trinajstić information content (AvgIpc) is 3.29. The molecule has 0 bridgehead atoms. The van der Waals surface area contributed by atoms with Crippen molar-refractivity contribution in [2.24, 2.45) is 0 Å². The van der Waals surface area contributed by atoms with Crippen molar-refractivity contribution in [1.82, 2.24) is 14.6 Å². The minimum absolute atomic E-state index is 0.820. The largest absolute Gasteiger partial charge is 0.497 e. The number of nitrogens with zero attached hydrogens (tertiary/aromatic N) is 5. The number of benzene rings is 2. The Balaban J connectivity index is 1.40. The lowest BCUT2D eigenvalue weighted by Crippen LogP contribution is -2.47. The van der Waals surface area contributed by atoms with Gasteiger partial charge in [-0.25, -0.2) is 9.50 Å². The first-order valence-corrected chi connectivity index (χ1v) is 10.4.